The van der Waals surface area contributed by atoms with Crippen molar-refractivity contribution in [3.63, 3.8) is 0 Å². The molecule has 5 nitrogen and oxygen atoms in total. The smallest absolute Gasteiger partial charge is 0.257 e. The van der Waals surface area contributed by atoms with Gasteiger partial charge in [-0.1, -0.05) is 59.9 Å². The third kappa shape index (κ3) is 3.87. The maximum Gasteiger partial charge on any atom is 0.257 e. The van der Waals surface area contributed by atoms with E-state index in [1.54, 1.807) is 12.3 Å². The van der Waals surface area contributed by atoms with Crippen molar-refractivity contribution in [3.05, 3.63) is 71.3 Å². The average molecular weight is 322 g/mol. The van der Waals surface area contributed by atoms with E-state index in [0.29, 0.717) is 15.8 Å². The van der Waals surface area contributed by atoms with Gasteiger partial charge in [-0.3, -0.25) is 10.1 Å². The largest absolute Gasteiger partial charge is 0.296 e. The highest BCUT2D eigenvalue weighted by atomic mass is 32.1. The zero-order valence-electron chi connectivity index (χ0n) is 12.4. The highest BCUT2D eigenvalue weighted by Gasteiger charge is 2.11. The molecule has 6 heteroatoms. The van der Waals surface area contributed by atoms with E-state index in [0.717, 1.165) is 11.1 Å². The van der Waals surface area contributed by atoms with E-state index in [-0.39, 0.29) is 5.91 Å². The molecule has 1 amide bonds. The maximum atomic E-state index is 12.2. The number of rotatable bonds is 4. The second-order valence-corrected chi connectivity index (χ2v) is 5.78. The minimum atomic E-state index is -0.196. The van der Waals surface area contributed by atoms with Crippen molar-refractivity contribution in [3.8, 4) is 0 Å². The Labute approximate surface area is 137 Å². The number of nitrogens with one attached hydrogen (secondary N) is 1. The summed E-state index contributed by atoms with van der Waals surface area (Å²) in [7, 11) is 0. The van der Waals surface area contributed by atoms with Crippen LogP contribution in [0.15, 0.2) is 59.6 Å². The molecular weight excluding hydrogens is 308 g/mol. The number of nitrogens with zero attached hydrogens (tertiary/aromatic N) is 3. The van der Waals surface area contributed by atoms with Gasteiger partial charge in [-0.15, -0.1) is 10.2 Å². The summed E-state index contributed by atoms with van der Waals surface area (Å²) < 4.78 is 0. The van der Waals surface area contributed by atoms with Crippen molar-refractivity contribution in [1.82, 2.24) is 10.2 Å². The first-order valence-corrected chi connectivity index (χ1v) is 7.83. The van der Waals surface area contributed by atoms with E-state index in [1.807, 2.05) is 55.5 Å². The van der Waals surface area contributed by atoms with Gasteiger partial charge in [0.2, 0.25) is 10.3 Å². The second kappa shape index (κ2) is 6.93. The fourth-order valence-corrected chi connectivity index (χ4v) is 2.56. The Morgan fingerprint density at radius 3 is 2.61 bits per heavy atom. The summed E-state index contributed by atoms with van der Waals surface area (Å²) in [6.45, 7) is 1.89. The first kappa shape index (κ1) is 15.1. The van der Waals surface area contributed by atoms with Crippen LogP contribution in [0.4, 0.5) is 10.3 Å². The average Bonchev–Trinajstić information content (AvgIpc) is 3.02. The summed E-state index contributed by atoms with van der Waals surface area (Å²) in [5.74, 6) is -0.196. The predicted octanol–water partition coefficient (Wildman–Crippen LogP) is 3.85. The van der Waals surface area contributed by atoms with E-state index in [4.69, 9.17) is 0 Å². The van der Waals surface area contributed by atoms with Crippen LogP contribution < -0.4 is 5.32 Å². The maximum absolute atomic E-state index is 12.2. The highest BCUT2D eigenvalue weighted by molar-refractivity contribution is 7.18. The molecule has 0 fully saturated rings. The van der Waals surface area contributed by atoms with Crippen molar-refractivity contribution in [2.75, 3.05) is 5.32 Å². The molecule has 1 N–H and O–H groups in total. The predicted molar refractivity (Wildman–Crippen MR) is 92.7 cm³/mol. The number of amides is 1. The van der Waals surface area contributed by atoms with Crippen LogP contribution >= 0.6 is 11.3 Å². The van der Waals surface area contributed by atoms with Crippen molar-refractivity contribution >= 4 is 33.7 Å². The summed E-state index contributed by atoms with van der Waals surface area (Å²) in [6, 6.07) is 17.1. The van der Waals surface area contributed by atoms with Crippen LogP contribution in [0.25, 0.3) is 0 Å². The molecule has 0 spiro atoms. The van der Waals surface area contributed by atoms with E-state index in [2.05, 4.69) is 20.5 Å². The molecule has 0 saturated heterocycles. The molecule has 23 heavy (non-hydrogen) atoms. The number of aryl methyl sites for hydroxylation is 1. The Bertz CT molecular complexity index is 843. The number of carbonyl (C=O) groups excluding carboxylic acids is 1. The van der Waals surface area contributed by atoms with Gasteiger partial charge in [0.25, 0.3) is 5.91 Å². The molecule has 0 saturated carbocycles. The zero-order chi connectivity index (χ0) is 16.1. The molecule has 0 atom stereocenters. The topological polar surface area (TPSA) is 67.2 Å². The lowest BCUT2D eigenvalue weighted by Gasteiger charge is -2.03. The Balaban J connectivity index is 1.69. The fourth-order valence-electron chi connectivity index (χ4n) is 1.98. The molecular formula is C17H14N4OS. The Morgan fingerprint density at radius 1 is 1.09 bits per heavy atom. The van der Waals surface area contributed by atoms with Crippen molar-refractivity contribution in [1.29, 1.82) is 0 Å². The quantitative estimate of drug-likeness (QED) is 0.742. The number of hydrogen-bond acceptors (Lipinski definition) is 5. The van der Waals surface area contributed by atoms with E-state index >= 15 is 0 Å². The molecule has 0 aliphatic heterocycles. The summed E-state index contributed by atoms with van der Waals surface area (Å²) in [6.07, 6.45) is 1.72. The van der Waals surface area contributed by atoms with Gasteiger partial charge in [0.1, 0.15) is 0 Å². The molecule has 3 aromatic rings. The van der Waals surface area contributed by atoms with Crippen LogP contribution in [0.5, 0.6) is 0 Å². The van der Waals surface area contributed by atoms with Crippen LogP contribution in [0.3, 0.4) is 0 Å². The van der Waals surface area contributed by atoms with Crippen LogP contribution in [0.1, 0.15) is 21.5 Å². The van der Waals surface area contributed by atoms with Crippen LogP contribution in [-0.4, -0.2) is 22.3 Å². The fraction of sp³-hybridized carbons (Fsp3) is 0.0588. The zero-order valence-corrected chi connectivity index (χ0v) is 13.2. The molecule has 3 rings (SSSR count). The summed E-state index contributed by atoms with van der Waals surface area (Å²) in [4.78, 5) is 16.5. The minimum absolute atomic E-state index is 0.196. The number of benzene rings is 2. The molecule has 1 heterocycles. The summed E-state index contributed by atoms with van der Waals surface area (Å²) in [5, 5.41) is 11.6. The van der Waals surface area contributed by atoms with Gasteiger partial charge in [-0.05, 0) is 24.1 Å². The Morgan fingerprint density at radius 2 is 1.83 bits per heavy atom. The Kier molecular flexibility index (Phi) is 4.54. The summed E-state index contributed by atoms with van der Waals surface area (Å²) in [5.41, 5.74) is 2.52. The Hall–Kier alpha value is -2.86. The number of anilines is 1. The second-order valence-electron chi connectivity index (χ2n) is 4.83. The van der Waals surface area contributed by atoms with Crippen LogP contribution in [0, 0.1) is 6.92 Å². The standard InChI is InChI=1S/C17H14N4OS/c1-12-7-5-6-10-14(12)15(22)19-17-21-20-16(23-17)18-11-13-8-3-2-4-9-13/h2-11H,1H3,(H,19,21,22)/b18-11+. The van der Waals surface area contributed by atoms with Crippen LogP contribution in [0.2, 0.25) is 0 Å². The number of aliphatic imine (C=N–C) groups is 1. The SMILES string of the molecule is Cc1ccccc1C(=O)Nc1nnc(/N=C/c2ccccc2)s1. The molecule has 0 radical (unpaired) electrons. The van der Waals surface area contributed by atoms with Crippen molar-refractivity contribution in [2.45, 2.75) is 6.92 Å². The van der Waals surface area contributed by atoms with E-state index in [9.17, 15) is 4.79 Å². The van der Waals surface area contributed by atoms with Gasteiger partial charge in [0.15, 0.2) is 0 Å². The number of hydrogen-bond donors (Lipinski definition) is 1. The van der Waals surface area contributed by atoms with Crippen molar-refractivity contribution in [2.24, 2.45) is 4.99 Å². The number of aromatic nitrogens is 2. The summed E-state index contributed by atoms with van der Waals surface area (Å²) >= 11 is 1.23. The normalized spacial score (nSPS) is 10.8. The van der Waals surface area contributed by atoms with Gasteiger partial charge in [-0.25, -0.2) is 4.99 Å². The van der Waals surface area contributed by atoms with Gasteiger partial charge >= 0.3 is 0 Å². The third-order valence-corrected chi connectivity index (χ3v) is 3.89. The van der Waals surface area contributed by atoms with E-state index in [1.165, 1.54) is 11.3 Å². The molecule has 114 valence electrons. The lowest BCUT2D eigenvalue weighted by atomic mass is 10.1. The molecule has 0 unspecified atom stereocenters. The van der Waals surface area contributed by atoms with Crippen LogP contribution in [-0.2, 0) is 0 Å². The molecule has 0 aliphatic rings. The molecule has 0 aliphatic carbocycles. The first-order valence-electron chi connectivity index (χ1n) is 7.02. The van der Waals surface area contributed by atoms with E-state index < -0.39 is 0 Å². The van der Waals surface area contributed by atoms with Crippen molar-refractivity contribution < 1.29 is 4.79 Å². The molecule has 2 aromatic carbocycles. The minimum Gasteiger partial charge on any atom is -0.296 e. The van der Waals surface area contributed by atoms with Gasteiger partial charge in [-0.2, -0.15) is 0 Å². The van der Waals surface area contributed by atoms with Gasteiger partial charge in [0, 0.05) is 11.8 Å². The monoisotopic (exact) mass is 322 g/mol. The number of carbonyl (C=O) groups is 1. The lowest BCUT2D eigenvalue weighted by Crippen LogP contribution is -2.12. The molecule has 0 bridgehead atoms. The van der Waals surface area contributed by atoms with Gasteiger partial charge in [0.05, 0.1) is 0 Å². The highest BCUT2D eigenvalue weighted by Crippen LogP contribution is 2.23. The molecule has 1 aromatic heterocycles. The first-order chi connectivity index (χ1) is 11.2. The third-order valence-electron chi connectivity index (χ3n) is 3.15. The van der Waals surface area contributed by atoms with Gasteiger partial charge < -0.3 is 0 Å². The lowest BCUT2D eigenvalue weighted by molar-refractivity contribution is 0.102.